The Morgan fingerprint density at radius 1 is 1.00 bits per heavy atom. The van der Waals surface area contributed by atoms with Gasteiger partial charge in [0.15, 0.2) is 0 Å². The van der Waals surface area contributed by atoms with Gasteiger partial charge in [0.05, 0.1) is 10.0 Å². The van der Waals surface area contributed by atoms with Gasteiger partial charge in [-0.25, -0.2) is 0 Å². The summed E-state index contributed by atoms with van der Waals surface area (Å²) in [6.07, 6.45) is 5.20. The molecule has 90 valence electrons. The molecule has 0 radical (unpaired) electrons. The van der Waals surface area contributed by atoms with Gasteiger partial charge in [0, 0.05) is 11.1 Å². The molecule has 0 aliphatic rings. The number of terminal acetylenes is 1. The molecular formula is C15H10Cl2O. The van der Waals surface area contributed by atoms with Gasteiger partial charge < -0.3 is 4.74 Å². The molecule has 0 spiro atoms. The number of hydrogen-bond acceptors (Lipinski definition) is 1. The fraction of sp³-hybridized carbons (Fsp3) is 0.0667. The van der Waals surface area contributed by atoms with Gasteiger partial charge >= 0.3 is 0 Å². The van der Waals surface area contributed by atoms with Crippen LogP contribution in [-0.4, -0.2) is 6.61 Å². The first-order chi connectivity index (χ1) is 8.74. The first kappa shape index (κ1) is 12.8. The summed E-state index contributed by atoms with van der Waals surface area (Å²) in [5.74, 6) is 3.11. The van der Waals surface area contributed by atoms with Crippen molar-refractivity contribution in [2.24, 2.45) is 0 Å². The molecule has 0 atom stereocenters. The molecule has 2 aromatic rings. The van der Waals surface area contributed by atoms with Crippen LogP contribution in [0.4, 0.5) is 0 Å². The lowest BCUT2D eigenvalue weighted by Crippen LogP contribution is -1.96. The summed E-state index contributed by atoms with van der Waals surface area (Å²) in [6.45, 7) is 0.207. The Morgan fingerprint density at radius 3 is 2.33 bits per heavy atom. The van der Waals surface area contributed by atoms with E-state index in [-0.39, 0.29) is 6.61 Å². The summed E-state index contributed by atoms with van der Waals surface area (Å²) >= 11 is 12.4. The lowest BCUT2D eigenvalue weighted by Gasteiger charge is -2.12. The Balaban J connectivity index is 2.54. The molecule has 1 nitrogen and oxygen atoms in total. The second-order valence-electron chi connectivity index (χ2n) is 3.59. The average molecular weight is 277 g/mol. The summed E-state index contributed by atoms with van der Waals surface area (Å²) in [5.41, 5.74) is 1.59. The second-order valence-corrected chi connectivity index (χ2v) is 4.40. The third kappa shape index (κ3) is 2.61. The second kappa shape index (κ2) is 5.82. The molecule has 2 aromatic carbocycles. The molecule has 0 aromatic heterocycles. The minimum Gasteiger partial charge on any atom is -0.480 e. The molecule has 0 saturated carbocycles. The van der Waals surface area contributed by atoms with Crippen molar-refractivity contribution < 1.29 is 4.74 Å². The van der Waals surface area contributed by atoms with Crippen molar-refractivity contribution in [2.75, 3.05) is 6.61 Å². The van der Waals surface area contributed by atoms with Crippen LogP contribution in [0.25, 0.3) is 11.1 Å². The minimum atomic E-state index is 0.207. The van der Waals surface area contributed by atoms with Crippen LogP contribution in [0.5, 0.6) is 5.75 Å². The maximum Gasteiger partial charge on any atom is 0.148 e. The quantitative estimate of drug-likeness (QED) is 0.740. The van der Waals surface area contributed by atoms with Crippen LogP contribution >= 0.6 is 23.2 Å². The summed E-state index contributed by atoms with van der Waals surface area (Å²) in [4.78, 5) is 0. The Bertz CT molecular complexity index is 579. The van der Waals surface area contributed by atoms with Crippen molar-refractivity contribution in [3.8, 4) is 29.2 Å². The molecule has 0 aliphatic carbocycles. The molecule has 0 unspecified atom stereocenters. The van der Waals surface area contributed by atoms with Crippen molar-refractivity contribution in [1.29, 1.82) is 0 Å². The average Bonchev–Trinajstić information content (AvgIpc) is 2.37. The van der Waals surface area contributed by atoms with E-state index in [0.717, 1.165) is 11.1 Å². The third-order valence-corrected chi connectivity index (χ3v) is 3.06. The van der Waals surface area contributed by atoms with Crippen molar-refractivity contribution in [3.63, 3.8) is 0 Å². The molecular weight excluding hydrogens is 267 g/mol. The highest BCUT2D eigenvalue weighted by Gasteiger charge is 2.12. The predicted octanol–water partition coefficient (Wildman–Crippen LogP) is 4.67. The monoisotopic (exact) mass is 276 g/mol. The molecule has 0 bridgehead atoms. The first-order valence-corrected chi connectivity index (χ1v) is 6.09. The Hall–Kier alpha value is -1.62. The Labute approximate surface area is 116 Å². The van der Waals surface area contributed by atoms with Gasteiger partial charge in [-0.1, -0.05) is 53.4 Å². The zero-order chi connectivity index (χ0) is 13.0. The molecule has 2 rings (SSSR count). The van der Waals surface area contributed by atoms with Crippen LogP contribution in [0.3, 0.4) is 0 Å². The van der Waals surface area contributed by atoms with E-state index >= 15 is 0 Å². The topological polar surface area (TPSA) is 9.23 Å². The summed E-state index contributed by atoms with van der Waals surface area (Å²) in [7, 11) is 0. The highest BCUT2D eigenvalue weighted by molar-refractivity contribution is 6.39. The van der Waals surface area contributed by atoms with Gasteiger partial charge in [0.25, 0.3) is 0 Å². The minimum absolute atomic E-state index is 0.207. The Morgan fingerprint density at radius 2 is 1.67 bits per heavy atom. The van der Waals surface area contributed by atoms with Gasteiger partial charge in [-0.05, 0) is 18.2 Å². The van der Waals surface area contributed by atoms with Crippen molar-refractivity contribution >= 4 is 23.2 Å². The van der Waals surface area contributed by atoms with Crippen LogP contribution in [0.1, 0.15) is 0 Å². The van der Waals surface area contributed by atoms with Gasteiger partial charge in [-0.15, -0.1) is 6.42 Å². The number of halogens is 2. The fourth-order valence-corrected chi connectivity index (χ4v) is 2.27. The Kier molecular flexibility index (Phi) is 4.15. The summed E-state index contributed by atoms with van der Waals surface area (Å²) in [6, 6.07) is 12.9. The highest BCUT2D eigenvalue weighted by atomic mass is 35.5. The summed E-state index contributed by atoms with van der Waals surface area (Å²) in [5, 5.41) is 1.17. The SMILES string of the molecule is C#CCOc1ccccc1-c1c(Cl)cccc1Cl. The molecule has 0 saturated heterocycles. The van der Waals surface area contributed by atoms with Crippen molar-refractivity contribution in [2.45, 2.75) is 0 Å². The fourth-order valence-electron chi connectivity index (χ4n) is 1.67. The molecule has 0 fully saturated rings. The maximum absolute atomic E-state index is 6.19. The van der Waals surface area contributed by atoms with E-state index in [4.69, 9.17) is 34.4 Å². The maximum atomic E-state index is 6.19. The highest BCUT2D eigenvalue weighted by Crippen LogP contribution is 2.39. The standard InChI is InChI=1S/C15H10Cl2O/c1-2-10-18-14-9-4-3-6-11(14)15-12(16)7-5-8-13(15)17/h1,3-9H,10H2. The molecule has 0 heterocycles. The van der Waals surface area contributed by atoms with E-state index in [0.29, 0.717) is 15.8 Å². The lowest BCUT2D eigenvalue weighted by molar-refractivity contribution is 0.372. The van der Waals surface area contributed by atoms with Gasteiger partial charge in [0.1, 0.15) is 12.4 Å². The number of benzene rings is 2. The van der Waals surface area contributed by atoms with Gasteiger partial charge in [-0.2, -0.15) is 0 Å². The largest absolute Gasteiger partial charge is 0.480 e. The van der Waals surface area contributed by atoms with E-state index in [1.165, 1.54) is 0 Å². The summed E-state index contributed by atoms with van der Waals surface area (Å²) < 4.78 is 5.50. The van der Waals surface area contributed by atoms with E-state index in [9.17, 15) is 0 Å². The molecule has 3 heteroatoms. The van der Waals surface area contributed by atoms with E-state index in [1.54, 1.807) is 18.2 Å². The van der Waals surface area contributed by atoms with E-state index in [1.807, 2.05) is 24.3 Å². The lowest BCUT2D eigenvalue weighted by atomic mass is 10.0. The molecule has 0 N–H and O–H groups in total. The van der Waals surface area contributed by atoms with Crippen molar-refractivity contribution in [3.05, 3.63) is 52.5 Å². The normalized spacial score (nSPS) is 9.83. The van der Waals surface area contributed by atoms with Crippen LogP contribution in [0.15, 0.2) is 42.5 Å². The van der Waals surface area contributed by atoms with E-state index in [2.05, 4.69) is 5.92 Å². The van der Waals surface area contributed by atoms with Crippen LogP contribution in [0.2, 0.25) is 10.0 Å². The smallest absolute Gasteiger partial charge is 0.148 e. The number of ether oxygens (including phenoxy) is 1. The first-order valence-electron chi connectivity index (χ1n) is 5.33. The molecule has 18 heavy (non-hydrogen) atoms. The van der Waals surface area contributed by atoms with Crippen LogP contribution in [-0.2, 0) is 0 Å². The molecule has 0 amide bonds. The number of rotatable bonds is 3. The molecule has 0 aliphatic heterocycles. The predicted molar refractivity (Wildman–Crippen MR) is 76.2 cm³/mol. The number of para-hydroxylation sites is 1. The van der Waals surface area contributed by atoms with E-state index < -0.39 is 0 Å². The van der Waals surface area contributed by atoms with Crippen molar-refractivity contribution in [1.82, 2.24) is 0 Å². The van der Waals surface area contributed by atoms with Gasteiger partial charge in [0.2, 0.25) is 0 Å². The zero-order valence-electron chi connectivity index (χ0n) is 9.49. The van der Waals surface area contributed by atoms with Gasteiger partial charge in [-0.3, -0.25) is 0 Å². The zero-order valence-corrected chi connectivity index (χ0v) is 11.0. The van der Waals surface area contributed by atoms with Crippen LogP contribution < -0.4 is 4.74 Å². The number of hydrogen-bond donors (Lipinski definition) is 0. The third-order valence-electron chi connectivity index (χ3n) is 2.43. The van der Waals surface area contributed by atoms with Crippen LogP contribution in [0, 0.1) is 12.3 Å².